The second-order valence-corrected chi connectivity index (χ2v) is 3.85. The highest BCUT2D eigenvalue weighted by Gasteiger charge is 2.10. The number of amides is 1. The lowest BCUT2D eigenvalue weighted by Gasteiger charge is -1.97. The van der Waals surface area contributed by atoms with Gasteiger partial charge in [-0.2, -0.15) is 5.10 Å². The van der Waals surface area contributed by atoms with Crippen molar-refractivity contribution in [3.05, 3.63) is 40.7 Å². The Kier molecular flexibility index (Phi) is 3.51. The Bertz CT molecular complexity index is 622. The lowest BCUT2D eigenvalue weighted by Crippen LogP contribution is -2.14. The molecule has 0 saturated heterocycles. The molecule has 0 spiro atoms. The number of primary amides is 1. The number of hydrogen-bond acceptors (Lipinski definition) is 5. The zero-order chi connectivity index (χ0) is 13.8. The van der Waals surface area contributed by atoms with E-state index in [4.69, 9.17) is 5.73 Å². The minimum Gasteiger partial charge on any atom is -0.370 e. The number of aryl methyl sites for hydroxylation is 1. The van der Waals surface area contributed by atoms with Gasteiger partial charge in [0.2, 0.25) is 5.91 Å². The summed E-state index contributed by atoms with van der Waals surface area (Å²) in [6.07, 6.45) is 1.62. The molecule has 0 aliphatic rings. The Morgan fingerprint density at radius 2 is 2.26 bits per heavy atom. The SMILES string of the molecule is NC(=O)CCn1cnc(-c2cccc([N+](=O)[O-])c2)n1. The summed E-state index contributed by atoms with van der Waals surface area (Å²) < 4.78 is 1.47. The molecule has 1 aromatic carbocycles. The standard InChI is InChI=1S/C11H11N5O3/c12-10(17)4-5-15-7-13-11(14-15)8-2-1-3-9(6-8)16(18)19/h1-3,6-7H,4-5H2,(H2,12,17). The Labute approximate surface area is 108 Å². The second kappa shape index (κ2) is 5.25. The van der Waals surface area contributed by atoms with Crippen LogP contribution in [0.1, 0.15) is 6.42 Å². The normalized spacial score (nSPS) is 10.3. The van der Waals surface area contributed by atoms with Crippen molar-refractivity contribution >= 4 is 11.6 Å². The molecule has 19 heavy (non-hydrogen) atoms. The van der Waals surface area contributed by atoms with Crippen molar-refractivity contribution in [2.75, 3.05) is 0 Å². The van der Waals surface area contributed by atoms with Crippen LogP contribution in [0.5, 0.6) is 0 Å². The molecular weight excluding hydrogens is 250 g/mol. The fourth-order valence-electron chi connectivity index (χ4n) is 1.52. The molecule has 1 amide bonds. The molecule has 98 valence electrons. The summed E-state index contributed by atoms with van der Waals surface area (Å²) in [6, 6.07) is 6.04. The number of nitro groups is 1. The van der Waals surface area contributed by atoms with Gasteiger partial charge in [0.1, 0.15) is 6.33 Å². The van der Waals surface area contributed by atoms with Gasteiger partial charge >= 0.3 is 0 Å². The number of hydrogen-bond donors (Lipinski definition) is 1. The monoisotopic (exact) mass is 261 g/mol. The van der Waals surface area contributed by atoms with Gasteiger partial charge in [0.05, 0.1) is 11.5 Å². The molecular formula is C11H11N5O3. The molecule has 1 aromatic heterocycles. The van der Waals surface area contributed by atoms with Gasteiger partial charge in [-0.1, -0.05) is 12.1 Å². The van der Waals surface area contributed by atoms with E-state index in [9.17, 15) is 14.9 Å². The van der Waals surface area contributed by atoms with Crippen molar-refractivity contribution in [1.29, 1.82) is 0 Å². The number of non-ortho nitro benzene ring substituents is 1. The average molecular weight is 261 g/mol. The molecule has 0 fully saturated rings. The fourth-order valence-corrected chi connectivity index (χ4v) is 1.52. The van der Waals surface area contributed by atoms with Crippen LogP contribution in [0.25, 0.3) is 11.4 Å². The van der Waals surface area contributed by atoms with E-state index in [0.717, 1.165) is 0 Å². The van der Waals surface area contributed by atoms with Gasteiger partial charge in [0, 0.05) is 24.1 Å². The van der Waals surface area contributed by atoms with Crippen LogP contribution < -0.4 is 5.73 Å². The Balaban J connectivity index is 2.20. The molecule has 2 rings (SSSR count). The molecule has 8 heteroatoms. The van der Waals surface area contributed by atoms with Crippen molar-refractivity contribution in [2.45, 2.75) is 13.0 Å². The van der Waals surface area contributed by atoms with Gasteiger partial charge in [0.15, 0.2) is 5.82 Å². The number of benzene rings is 1. The first-order valence-corrected chi connectivity index (χ1v) is 5.49. The van der Waals surface area contributed by atoms with E-state index in [2.05, 4.69) is 10.1 Å². The number of nitrogens with zero attached hydrogens (tertiary/aromatic N) is 4. The number of nitro benzene ring substituents is 1. The Hall–Kier alpha value is -2.77. The third kappa shape index (κ3) is 3.12. The first kappa shape index (κ1) is 12.7. The molecule has 0 saturated carbocycles. The van der Waals surface area contributed by atoms with Crippen LogP contribution in [0.3, 0.4) is 0 Å². The quantitative estimate of drug-likeness (QED) is 0.628. The zero-order valence-electron chi connectivity index (χ0n) is 9.89. The van der Waals surface area contributed by atoms with Crippen molar-refractivity contribution in [3.8, 4) is 11.4 Å². The number of carbonyl (C=O) groups excluding carboxylic acids is 1. The van der Waals surface area contributed by atoms with E-state index in [1.54, 1.807) is 12.1 Å². The van der Waals surface area contributed by atoms with E-state index < -0.39 is 10.8 Å². The first-order valence-electron chi connectivity index (χ1n) is 5.49. The van der Waals surface area contributed by atoms with Gasteiger partial charge in [-0.25, -0.2) is 4.98 Å². The summed E-state index contributed by atoms with van der Waals surface area (Å²) in [5.41, 5.74) is 5.56. The minimum absolute atomic E-state index is 0.0222. The average Bonchev–Trinajstić information content (AvgIpc) is 2.85. The molecule has 0 radical (unpaired) electrons. The largest absolute Gasteiger partial charge is 0.370 e. The van der Waals surface area contributed by atoms with Gasteiger partial charge in [-0.15, -0.1) is 0 Å². The number of aromatic nitrogens is 3. The van der Waals surface area contributed by atoms with Gasteiger partial charge in [0.25, 0.3) is 5.69 Å². The van der Waals surface area contributed by atoms with Crippen molar-refractivity contribution in [3.63, 3.8) is 0 Å². The summed E-state index contributed by atoms with van der Waals surface area (Å²) in [7, 11) is 0. The predicted octanol–water partition coefficient (Wildman–Crippen LogP) is 0.729. The molecule has 0 unspecified atom stereocenters. The predicted molar refractivity (Wildman–Crippen MR) is 65.9 cm³/mol. The molecule has 0 aliphatic carbocycles. The van der Waals surface area contributed by atoms with E-state index in [0.29, 0.717) is 17.9 Å². The van der Waals surface area contributed by atoms with Crippen LogP contribution in [0, 0.1) is 10.1 Å². The van der Waals surface area contributed by atoms with Crippen LogP contribution in [0.2, 0.25) is 0 Å². The maximum absolute atomic E-state index is 10.7. The van der Waals surface area contributed by atoms with E-state index in [1.165, 1.54) is 23.1 Å². The van der Waals surface area contributed by atoms with Crippen molar-refractivity contribution in [2.24, 2.45) is 5.73 Å². The summed E-state index contributed by atoms with van der Waals surface area (Å²) in [5, 5.41) is 14.8. The van der Waals surface area contributed by atoms with Crippen LogP contribution in [0.15, 0.2) is 30.6 Å². The van der Waals surface area contributed by atoms with Crippen LogP contribution >= 0.6 is 0 Å². The zero-order valence-corrected chi connectivity index (χ0v) is 9.89. The smallest absolute Gasteiger partial charge is 0.270 e. The molecule has 0 aliphatic heterocycles. The topological polar surface area (TPSA) is 117 Å². The third-order valence-electron chi connectivity index (χ3n) is 2.44. The van der Waals surface area contributed by atoms with Gasteiger partial charge in [-0.3, -0.25) is 19.6 Å². The first-order chi connectivity index (χ1) is 9.06. The highest BCUT2D eigenvalue weighted by molar-refractivity contribution is 5.73. The molecule has 2 aromatic rings. The number of rotatable bonds is 5. The summed E-state index contributed by atoms with van der Waals surface area (Å²) in [5.74, 6) is -0.0550. The third-order valence-corrected chi connectivity index (χ3v) is 2.44. The molecule has 8 nitrogen and oxygen atoms in total. The molecule has 0 bridgehead atoms. The van der Waals surface area contributed by atoms with Crippen molar-refractivity contribution < 1.29 is 9.72 Å². The lowest BCUT2D eigenvalue weighted by atomic mass is 10.2. The van der Waals surface area contributed by atoms with Gasteiger partial charge < -0.3 is 5.73 Å². The Morgan fingerprint density at radius 1 is 1.47 bits per heavy atom. The highest BCUT2D eigenvalue weighted by Crippen LogP contribution is 2.20. The maximum atomic E-state index is 10.7. The van der Waals surface area contributed by atoms with Crippen molar-refractivity contribution in [1.82, 2.24) is 14.8 Å². The lowest BCUT2D eigenvalue weighted by molar-refractivity contribution is -0.384. The van der Waals surface area contributed by atoms with Gasteiger partial charge in [-0.05, 0) is 0 Å². The van der Waals surface area contributed by atoms with E-state index >= 15 is 0 Å². The summed E-state index contributed by atoms with van der Waals surface area (Å²) in [4.78, 5) is 24.9. The fraction of sp³-hybridized carbons (Fsp3) is 0.182. The van der Waals surface area contributed by atoms with E-state index in [-0.39, 0.29) is 12.1 Å². The van der Waals surface area contributed by atoms with Crippen LogP contribution in [-0.2, 0) is 11.3 Å². The van der Waals surface area contributed by atoms with E-state index in [1.807, 2.05) is 0 Å². The summed E-state index contributed by atoms with van der Waals surface area (Å²) in [6.45, 7) is 0.331. The molecule has 0 atom stereocenters. The highest BCUT2D eigenvalue weighted by atomic mass is 16.6. The Morgan fingerprint density at radius 3 is 2.95 bits per heavy atom. The molecule has 1 heterocycles. The van der Waals surface area contributed by atoms with Crippen LogP contribution in [0.4, 0.5) is 5.69 Å². The number of nitrogens with two attached hydrogens (primary N) is 1. The maximum Gasteiger partial charge on any atom is 0.270 e. The van der Waals surface area contributed by atoms with Crippen LogP contribution in [-0.4, -0.2) is 25.6 Å². The number of carbonyl (C=O) groups is 1. The molecule has 2 N–H and O–H groups in total. The second-order valence-electron chi connectivity index (χ2n) is 3.85. The minimum atomic E-state index is -0.479. The summed E-state index contributed by atoms with van der Waals surface area (Å²) >= 11 is 0.